The van der Waals surface area contributed by atoms with Crippen LogP contribution in [0.1, 0.15) is 54.4 Å². The molecule has 0 aromatic heterocycles. The van der Waals surface area contributed by atoms with Crippen molar-refractivity contribution in [1.82, 2.24) is 29.4 Å². The van der Waals surface area contributed by atoms with Gasteiger partial charge in [-0.1, -0.05) is 27.7 Å². The minimum Gasteiger partial charge on any atom is -0.285 e. The zero-order valence-electron chi connectivity index (χ0n) is 24.3. The summed E-state index contributed by atoms with van der Waals surface area (Å²) in [5.41, 5.74) is 0. The molecular formula is C28H48N6O4. The summed E-state index contributed by atoms with van der Waals surface area (Å²) in [5, 5.41) is 0. The van der Waals surface area contributed by atoms with Gasteiger partial charge in [0.15, 0.2) is 0 Å². The van der Waals surface area contributed by atoms with E-state index in [1.54, 1.807) is 0 Å². The van der Waals surface area contributed by atoms with E-state index in [1.807, 2.05) is 23.6 Å². The zero-order valence-corrected chi connectivity index (χ0v) is 24.3. The SMILES string of the molecule is CC1CC(C)CN(CN2C(=O)CN(C(C)C(C)N3CC(=O)N(CN4CC(C)CC(C)C4)C(=O)C3)CC2=O)C1. The van der Waals surface area contributed by atoms with Crippen LogP contribution >= 0.6 is 0 Å². The maximum absolute atomic E-state index is 13.0. The first-order chi connectivity index (χ1) is 17.9. The normalized spacial score (nSPS) is 33.2. The van der Waals surface area contributed by atoms with E-state index in [1.165, 1.54) is 22.6 Å². The molecule has 0 aromatic rings. The van der Waals surface area contributed by atoms with Gasteiger partial charge in [-0.15, -0.1) is 0 Å². The van der Waals surface area contributed by atoms with Gasteiger partial charge in [0.05, 0.1) is 39.5 Å². The predicted octanol–water partition coefficient (Wildman–Crippen LogP) is 0.976. The summed E-state index contributed by atoms with van der Waals surface area (Å²) in [4.78, 5) is 63.2. The highest BCUT2D eigenvalue weighted by molar-refractivity contribution is 6.00. The van der Waals surface area contributed by atoms with Crippen LogP contribution in [0, 0.1) is 23.7 Å². The Balaban J connectivity index is 1.30. The van der Waals surface area contributed by atoms with Crippen molar-refractivity contribution in [2.75, 3.05) is 65.7 Å². The molecule has 4 aliphatic heterocycles. The molecule has 4 fully saturated rings. The number of hydrogen-bond acceptors (Lipinski definition) is 8. The lowest BCUT2D eigenvalue weighted by Crippen LogP contribution is -2.64. The number of hydrogen-bond donors (Lipinski definition) is 0. The fourth-order valence-electron chi connectivity index (χ4n) is 7.14. The fraction of sp³-hybridized carbons (Fsp3) is 0.857. The molecule has 0 spiro atoms. The van der Waals surface area contributed by atoms with Gasteiger partial charge in [-0.2, -0.15) is 0 Å². The maximum Gasteiger partial charge on any atom is 0.244 e. The van der Waals surface area contributed by atoms with E-state index >= 15 is 0 Å². The summed E-state index contributed by atoms with van der Waals surface area (Å²) in [6.45, 7) is 17.9. The highest BCUT2D eigenvalue weighted by atomic mass is 16.2. The van der Waals surface area contributed by atoms with Crippen LogP contribution in [0.2, 0.25) is 0 Å². The topological polar surface area (TPSA) is 87.7 Å². The second-order valence-corrected chi connectivity index (χ2v) is 13.0. The zero-order chi connectivity index (χ0) is 27.7. The summed E-state index contributed by atoms with van der Waals surface area (Å²) >= 11 is 0. The molecule has 38 heavy (non-hydrogen) atoms. The van der Waals surface area contributed by atoms with Gasteiger partial charge in [0.25, 0.3) is 0 Å². The number of piperidine rings is 2. The Labute approximate surface area is 228 Å². The van der Waals surface area contributed by atoms with Crippen molar-refractivity contribution in [3.05, 3.63) is 0 Å². The third-order valence-electron chi connectivity index (χ3n) is 8.98. The van der Waals surface area contributed by atoms with Gasteiger partial charge in [0, 0.05) is 38.3 Å². The third kappa shape index (κ3) is 6.81. The monoisotopic (exact) mass is 532 g/mol. The Bertz CT molecular complexity index is 786. The average Bonchev–Trinajstić information content (AvgIpc) is 2.81. The second-order valence-electron chi connectivity index (χ2n) is 13.0. The number of imide groups is 2. The summed E-state index contributed by atoms with van der Waals surface area (Å²) < 4.78 is 0. The molecule has 0 aliphatic carbocycles. The van der Waals surface area contributed by atoms with Crippen molar-refractivity contribution >= 4 is 23.6 Å². The molecule has 6 atom stereocenters. The lowest BCUT2D eigenvalue weighted by molar-refractivity contribution is -0.160. The largest absolute Gasteiger partial charge is 0.285 e. The highest BCUT2D eigenvalue weighted by Gasteiger charge is 2.40. The first-order valence-corrected chi connectivity index (χ1v) is 14.5. The summed E-state index contributed by atoms with van der Waals surface area (Å²) in [6, 6.07) is -0.313. The van der Waals surface area contributed by atoms with Gasteiger partial charge in [0.2, 0.25) is 23.6 Å². The molecule has 0 radical (unpaired) electrons. The van der Waals surface area contributed by atoms with Gasteiger partial charge in [-0.3, -0.25) is 48.6 Å². The first kappa shape index (κ1) is 29.1. The minimum atomic E-state index is -0.173. The van der Waals surface area contributed by atoms with Crippen molar-refractivity contribution < 1.29 is 19.2 Å². The summed E-state index contributed by atoms with van der Waals surface area (Å²) in [7, 11) is 0. The molecule has 4 aliphatic rings. The minimum absolute atomic E-state index is 0.156. The van der Waals surface area contributed by atoms with Crippen molar-refractivity contribution in [1.29, 1.82) is 0 Å². The number of piperazine rings is 2. The lowest BCUT2D eigenvalue weighted by atomic mass is 9.92. The Kier molecular flexibility index (Phi) is 9.27. The molecule has 4 saturated heterocycles. The fourth-order valence-corrected chi connectivity index (χ4v) is 7.14. The Morgan fingerprint density at radius 1 is 0.553 bits per heavy atom. The molecule has 4 rings (SSSR count). The van der Waals surface area contributed by atoms with E-state index in [0.29, 0.717) is 37.0 Å². The number of nitrogens with zero attached hydrogens (tertiary/aromatic N) is 6. The number of likely N-dealkylation sites (tertiary alicyclic amines) is 2. The maximum atomic E-state index is 13.0. The number of carbonyl (C=O) groups excluding carboxylic acids is 4. The van der Waals surface area contributed by atoms with Crippen LogP contribution in [-0.2, 0) is 19.2 Å². The van der Waals surface area contributed by atoms with E-state index < -0.39 is 0 Å². The molecule has 0 saturated carbocycles. The predicted molar refractivity (Wildman–Crippen MR) is 145 cm³/mol. The summed E-state index contributed by atoms with van der Waals surface area (Å²) in [5.74, 6) is 1.54. The quantitative estimate of drug-likeness (QED) is 0.449. The molecule has 10 nitrogen and oxygen atoms in total. The van der Waals surface area contributed by atoms with Gasteiger partial charge >= 0.3 is 0 Å². The number of amides is 4. The van der Waals surface area contributed by atoms with Gasteiger partial charge in [-0.25, -0.2) is 0 Å². The Morgan fingerprint density at radius 3 is 1.08 bits per heavy atom. The number of carbonyl (C=O) groups is 4. The van der Waals surface area contributed by atoms with Gasteiger partial charge in [-0.05, 0) is 50.4 Å². The third-order valence-corrected chi connectivity index (χ3v) is 8.98. The van der Waals surface area contributed by atoms with Crippen LogP contribution in [0.3, 0.4) is 0 Å². The van der Waals surface area contributed by atoms with E-state index in [2.05, 4.69) is 37.5 Å². The van der Waals surface area contributed by atoms with E-state index in [0.717, 1.165) is 26.2 Å². The Hall–Kier alpha value is -1.88. The van der Waals surface area contributed by atoms with E-state index in [4.69, 9.17) is 0 Å². The Morgan fingerprint density at radius 2 is 0.816 bits per heavy atom. The van der Waals surface area contributed by atoms with Crippen molar-refractivity contribution in [2.45, 2.75) is 66.5 Å². The van der Waals surface area contributed by atoms with Gasteiger partial charge in [0.1, 0.15) is 0 Å². The van der Waals surface area contributed by atoms with E-state index in [9.17, 15) is 19.2 Å². The van der Waals surface area contributed by atoms with Crippen LogP contribution < -0.4 is 0 Å². The molecule has 6 unspecified atom stereocenters. The number of rotatable bonds is 7. The van der Waals surface area contributed by atoms with Crippen molar-refractivity contribution in [3.63, 3.8) is 0 Å². The van der Waals surface area contributed by atoms with Gasteiger partial charge < -0.3 is 0 Å². The standard InChI is InChI=1S/C28H48N6O4/c1-19-7-20(2)10-29(9-19)17-33-25(35)13-31(14-26(33)36)23(5)24(6)32-15-27(37)34(28(38)16-32)18-30-11-21(3)8-22(4)12-30/h19-24H,7-18H2,1-6H3. The molecular weight excluding hydrogens is 484 g/mol. The lowest BCUT2D eigenvalue weighted by Gasteiger charge is -2.45. The smallest absolute Gasteiger partial charge is 0.244 e. The van der Waals surface area contributed by atoms with Crippen LogP contribution in [-0.4, -0.2) is 131 Å². The molecule has 214 valence electrons. The molecule has 4 amide bonds. The molecule has 0 bridgehead atoms. The van der Waals surface area contributed by atoms with Crippen LogP contribution in [0.5, 0.6) is 0 Å². The van der Waals surface area contributed by atoms with Crippen LogP contribution in [0.4, 0.5) is 0 Å². The molecule has 0 N–H and O–H groups in total. The van der Waals surface area contributed by atoms with Crippen LogP contribution in [0.15, 0.2) is 0 Å². The first-order valence-electron chi connectivity index (χ1n) is 14.5. The summed E-state index contributed by atoms with van der Waals surface area (Å²) in [6.07, 6.45) is 2.36. The second kappa shape index (κ2) is 12.1. The van der Waals surface area contributed by atoms with Crippen molar-refractivity contribution in [2.24, 2.45) is 23.7 Å². The highest BCUT2D eigenvalue weighted by Crippen LogP contribution is 2.24. The van der Waals surface area contributed by atoms with Crippen molar-refractivity contribution in [3.8, 4) is 0 Å². The average molecular weight is 533 g/mol. The van der Waals surface area contributed by atoms with E-state index in [-0.39, 0.29) is 61.9 Å². The molecule has 4 heterocycles. The molecule has 10 heteroatoms. The molecule has 0 aromatic carbocycles. The van der Waals surface area contributed by atoms with Crippen LogP contribution in [0.25, 0.3) is 0 Å².